The van der Waals surface area contributed by atoms with Crippen LogP contribution < -0.4 is 11.1 Å². The van der Waals surface area contributed by atoms with E-state index in [-0.39, 0.29) is 6.17 Å². The van der Waals surface area contributed by atoms with Gasteiger partial charge in [-0.2, -0.15) is 0 Å². The van der Waals surface area contributed by atoms with Gasteiger partial charge >= 0.3 is 0 Å². The molecule has 2 unspecified atom stereocenters. The molecule has 5 aromatic rings. The van der Waals surface area contributed by atoms with Crippen LogP contribution in [0.2, 0.25) is 0 Å². The van der Waals surface area contributed by atoms with Crippen molar-refractivity contribution >= 4 is 32.8 Å². The minimum atomic E-state index is -0.390. The molecule has 190 valence electrons. The van der Waals surface area contributed by atoms with E-state index in [1.165, 1.54) is 18.9 Å². The number of nitrogens with one attached hydrogen (secondary N) is 3. The fraction of sp³-hybridized carbons (Fsp3) is 0.290. The quantitative estimate of drug-likeness (QED) is 0.193. The van der Waals surface area contributed by atoms with E-state index in [4.69, 9.17) is 10.7 Å². The molecule has 38 heavy (non-hydrogen) atoms. The van der Waals surface area contributed by atoms with Crippen molar-refractivity contribution in [1.29, 1.82) is 0 Å². The predicted molar refractivity (Wildman–Crippen MR) is 150 cm³/mol. The Kier molecular flexibility index (Phi) is 6.12. The first-order valence-corrected chi connectivity index (χ1v) is 13.0. The molecule has 4 atom stereocenters. The molecular weight excluding hydrogens is 475 g/mol. The summed E-state index contributed by atoms with van der Waals surface area (Å²) >= 11 is 0. The number of aromatic amines is 2. The number of halogens is 1. The third-order valence-electron chi connectivity index (χ3n) is 7.80. The van der Waals surface area contributed by atoms with Gasteiger partial charge in [-0.1, -0.05) is 30.9 Å². The molecule has 2 aliphatic rings. The van der Waals surface area contributed by atoms with Gasteiger partial charge in [-0.05, 0) is 66.8 Å². The van der Waals surface area contributed by atoms with Crippen molar-refractivity contribution in [3.63, 3.8) is 0 Å². The molecule has 6 nitrogen and oxygen atoms in total. The molecule has 2 heterocycles. The maximum absolute atomic E-state index is 14.7. The summed E-state index contributed by atoms with van der Waals surface area (Å²) in [6.45, 7) is 2.45. The molecule has 2 saturated carbocycles. The Bertz CT molecular complexity index is 1750. The van der Waals surface area contributed by atoms with Gasteiger partial charge in [0.1, 0.15) is 17.2 Å². The number of hydrogen-bond donors (Lipinski definition) is 4. The Balaban J connectivity index is 0.00000129. The Morgan fingerprint density at radius 3 is 2.63 bits per heavy atom. The van der Waals surface area contributed by atoms with Gasteiger partial charge < -0.3 is 15.7 Å². The van der Waals surface area contributed by atoms with Gasteiger partial charge in [-0.25, -0.2) is 14.4 Å². The summed E-state index contributed by atoms with van der Waals surface area (Å²) < 4.78 is 14.7. The molecule has 0 aliphatic heterocycles. The second-order valence-corrected chi connectivity index (χ2v) is 10.2. The molecule has 3 aromatic carbocycles. The molecule has 0 amide bonds. The molecule has 7 rings (SSSR count). The molecular formula is C31H29FN6. The van der Waals surface area contributed by atoms with Crippen LogP contribution in [0.5, 0.6) is 0 Å². The topological polar surface area (TPSA) is 95.4 Å². The zero-order valence-corrected chi connectivity index (χ0v) is 21.2. The van der Waals surface area contributed by atoms with Gasteiger partial charge in [0, 0.05) is 22.4 Å². The van der Waals surface area contributed by atoms with Crippen LogP contribution in [0.3, 0.4) is 0 Å². The SMILES string of the molecule is C#C.CCC(N)NCc1nc2c(F)cc(C#Cc3ccc4c(ccc5[nH]c([C@@H]6C[C@H]7CC76)nc54)c3)cc2[nH]1. The predicted octanol–water partition coefficient (Wildman–Crippen LogP) is 5.29. The summed E-state index contributed by atoms with van der Waals surface area (Å²) in [5, 5.41) is 5.39. The van der Waals surface area contributed by atoms with E-state index in [2.05, 4.69) is 69.2 Å². The molecule has 0 radical (unpaired) electrons. The number of rotatable bonds is 5. The van der Waals surface area contributed by atoms with Gasteiger partial charge in [-0.3, -0.25) is 5.32 Å². The van der Waals surface area contributed by atoms with Crippen molar-refractivity contribution in [2.45, 2.75) is 44.8 Å². The molecule has 2 fully saturated rings. The van der Waals surface area contributed by atoms with Gasteiger partial charge in [0.2, 0.25) is 0 Å². The Morgan fingerprint density at radius 1 is 1.03 bits per heavy atom. The van der Waals surface area contributed by atoms with E-state index in [0.717, 1.165) is 51.5 Å². The third-order valence-corrected chi connectivity index (χ3v) is 7.80. The number of nitrogens with two attached hydrogens (primary N) is 1. The van der Waals surface area contributed by atoms with Crippen LogP contribution in [0.25, 0.3) is 32.8 Å². The van der Waals surface area contributed by atoms with Crippen LogP contribution in [-0.4, -0.2) is 26.1 Å². The number of fused-ring (bicyclic) bond motifs is 5. The van der Waals surface area contributed by atoms with E-state index < -0.39 is 5.82 Å². The molecule has 0 saturated heterocycles. The van der Waals surface area contributed by atoms with Crippen molar-refractivity contribution in [2.24, 2.45) is 17.6 Å². The van der Waals surface area contributed by atoms with E-state index in [9.17, 15) is 4.39 Å². The highest BCUT2D eigenvalue weighted by atomic mass is 19.1. The maximum Gasteiger partial charge on any atom is 0.152 e. The average Bonchev–Trinajstić information content (AvgIpc) is 3.25. The number of terminal acetylenes is 1. The highest BCUT2D eigenvalue weighted by Gasteiger charge is 2.54. The fourth-order valence-electron chi connectivity index (χ4n) is 5.53. The van der Waals surface area contributed by atoms with Crippen molar-refractivity contribution in [1.82, 2.24) is 25.3 Å². The third kappa shape index (κ3) is 4.31. The summed E-state index contributed by atoms with van der Waals surface area (Å²) in [4.78, 5) is 16.1. The van der Waals surface area contributed by atoms with Crippen LogP contribution >= 0.6 is 0 Å². The lowest BCUT2D eigenvalue weighted by Gasteiger charge is -2.21. The standard InChI is InChI=1S/C29H27FN6.C2H2/c1-2-25(31)32-14-26-33-24-11-16(10-22(30)28(24)35-26)4-3-15-5-7-19-17(9-15)6-8-23-27(19)36-29(34-23)21-13-18-12-20(18)21;1-2/h5-11,18,20-21,25,32H,2,12-14,31H2,1H3,(H,33,35)(H,34,36);1-2H/t18-,20?,21-,25?;/m1./s1. The first kappa shape index (κ1) is 24.2. The minimum absolute atomic E-state index is 0.120. The van der Waals surface area contributed by atoms with Gasteiger partial charge in [0.05, 0.1) is 29.3 Å². The summed E-state index contributed by atoms with van der Waals surface area (Å²) in [7, 11) is 0. The van der Waals surface area contributed by atoms with Crippen LogP contribution in [0.4, 0.5) is 4.39 Å². The lowest BCUT2D eigenvalue weighted by Crippen LogP contribution is -2.36. The van der Waals surface area contributed by atoms with Crippen molar-refractivity contribution in [3.8, 4) is 24.7 Å². The number of nitrogens with zero attached hydrogens (tertiary/aromatic N) is 2. The van der Waals surface area contributed by atoms with Crippen molar-refractivity contribution < 1.29 is 4.39 Å². The number of benzene rings is 3. The van der Waals surface area contributed by atoms with E-state index in [1.54, 1.807) is 0 Å². The summed E-state index contributed by atoms with van der Waals surface area (Å²) in [5.41, 5.74) is 10.4. The molecule has 5 N–H and O–H groups in total. The first-order valence-electron chi connectivity index (χ1n) is 13.0. The fourth-order valence-corrected chi connectivity index (χ4v) is 5.53. The van der Waals surface area contributed by atoms with Crippen molar-refractivity contribution in [3.05, 3.63) is 71.1 Å². The Morgan fingerprint density at radius 2 is 1.87 bits per heavy atom. The van der Waals surface area contributed by atoms with Gasteiger partial charge in [0.25, 0.3) is 0 Å². The van der Waals surface area contributed by atoms with E-state index >= 15 is 0 Å². The lowest BCUT2D eigenvalue weighted by molar-refractivity contribution is 0.374. The molecule has 7 heteroatoms. The highest BCUT2D eigenvalue weighted by Crippen LogP contribution is 2.63. The highest BCUT2D eigenvalue weighted by molar-refractivity contribution is 6.04. The molecule has 2 aromatic heterocycles. The Hall–Kier alpha value is -4.17. The monoisotopic (exact) mass is 504 g/mol. The normalized spacial score (nSPS) is 20.2. The van der Waals surface area contributed by atoms with E-state index in [1.807, 2.05) is 19.1 Å². The second kappa shape index (κ2) is 9.61. The zero-order valence-electron chi connectivity index (χ0n) is 21.2. The largest absolute Gasteiger partial charge is 0.342 e. The van der Waals surface area contributed by atoms with Crippen LogP contribution in [0.1, 0.15) is 54.9 Å². The van der Waals surface area contributed by atoms with Crippen LogP contribution in [-0.2, 0) is 6.54 Å². The zero-order chi connectivity index (χ0) is 26.4. The summed E-state index contributed by atoms with van der Waals surface area (Å²) in [6, 6.07) is 13.7. The maximum atomic E-state index is 14.7. The van der Waals surface area contributed by atoms with Gasteiger partial charge in [0.15, 0.2) is 5.82 Å². The molecule has 0 spiro atoms. The molecule has 2 aliphatic carbocycles. The van der Waals surface area contributed by atoms with Crippen LogP contribution in [0, 0.1) is 42.3 Å². The average molecular weight is 505 g/mol. The Labute approximate surface area is 220 Å². The number of imidazole rings is 2. The number of aromatic nitrogens is 4. The van der Waals surface area contributed by atoms with Crippen LogP contribution in [0.15, 0.2) is 42.5 Å². The molecule has 0 bridgehead atoms. The van der Waals surface area contributed by atoms with E-state index in [0.29, 0.717) is 34.9 Å². The minimum Gasteiger partial charge on any atom is -0.342 e. The summed E-state index contributed by atoms with van der Waals surface area (Å²) in [6.07, 6.45) is 11.3. The van der Waals surface area contributed by atoms with Crippen molar-refractivity contribution in [2.75, 3.05) is 0 Å². The number of hydrogen-bond acceptors (Lipinski definition) is 4. The lowest BCUT2D eigenvalue weighted by atomic mass is 9.85. The number of H-pyrrole nitrogens is 2. The second-order valence-electron chi connectivity index (χ2n) is 10.2. The first-order chi connectivity index (χ1) is 18.6. The smallest absolute Gasteiger partial charge is 0.152 e. The van der Waals surface area contributed by atoms with Gasteiger partial charge in [-0.15, -0.1) is 12.8 Å². The summed E-state index contributed by atoms with van der Waals surface area (Å²) in [5.74, 6) is 10.1.